The van der Waals surface area contributed by atoms with Gasteiger partial charge >= 0.3 is 5.97 Å². The SMILES string of the molecule is Cc1ccccc1S(=O)(=O)N1CCCC(n2cc(C(=O)O)cn2)C1. The number of carboxylic acid groups (broad SMARTS) is 1. The number of benzene rings is 1. The van der Waals surface area contributed by atoms with Gasteiger partial charge in [0.05, 0.1) is 22.7 Å². The first-order chi connectivity index (χ1) is 11.4. The maximum Gasteiger partial charge on any atom is 0.338 e. The standard InChI is InChI=1S/C16H19N3O4S/c1-12-5-2-3-7-15(12)24(22,23)18-8-4-6-14(11-18)19-10-13(9-17-19)16(20)21/h2-3,5,7,9-10,14H,4,6,8,11H2,1H3,(H,20,21). The fourth-order valence-electron chi connectivity index (χ4n) is 2.99. The highest BCUT2D eigenvalue weighted by molar-refractivity contribution is 7.89. The fourth-order valence-corrected chi connectivity index (χ4v) is 4.73. The Kier molecular flexibility index (Phi) is 4.42. The van der Waals surface area contributed by atoms with Crippen LogP contribution in [-0.2, 0) is 10.0 Å². The predicted octanol–water partition coefficient (Wildman–Crippen LogP) is 1.92. The molecule has 1 aliphatic rings. The summed E-state index contributed by atoms with van der Waals surface area (Å²) in [6, 6.07) is 6.76. The van der Waals surface area contributed by atoms with Crippen LogP contribution in [0.15, 0.2) is 41.6 Å². The van der Waals surface area contributed by atoms with Gasteiger partial charge in [-0.25, -0.2) is 13.2 Å². The Bertz CT molecular complexity index is 860. The van der Waals surface area contributed by atoms with E-state index in [1.807, 2.05) is 6.07 Å². The van der Waals surface area contributed by atoms with Crippen molar-refractivity contribution in [3.63, 3.8) is 0 Å². The van der Waals surface area contributed by atoms with Gasteiger partial charge in [-0.2, -0.15) is 9.40 Å². The smallest absolute Gasteiger partial charge is 0.338 e. The summed E-state index contributed by atoms with van der Waals surface area (Å²) < 4.78 is 28.8. The van der Waals surface area contributed by atoms with E-state index in [9.17, 15) is 13.2 Å². The molecular formula is C16H19N3O4S. The van der Waals surface area contributed by atoms with Gasteiger partial charge in [-0.3, -0.25) is 4.68 Å². The second-order valence-electron chi connectivity index (χ2n) is 5.94. The Morgan fingerprint density at radius 1 is 1.33 bits per heavy atom. The van der Waals surface area contributed by atoms with Gasteiger partial charge in [-0.15, -0.1) is 0 Å². The number of hydrogen-bond donors (Lipinski definition) is 1. The van der Waals surface area contributed by atoms with E-state index < -0.39 is 16.0 Å². The van der Waals surface area contributed by atoms with E-state index in [1.165, 1.54) is 16.7 Å². The molecule has 1 atom stereocenters. The number of rotatable bonds is 4. The average Bonchev–Trinajstić information content (AvgIpc) is 3.05. The molecule has 3 rings (SSSR count). The van der Waals surface area contributed by atoms with E-state index in [0.717, 1.165) is 6.42 Å². The van der Waals surface area contributed by atoms with Crippen LogP contribution >= 0.6 is 0 Å². The minimum Gasteiger partial charge on any atom is -0.478 e. The van der Waals surface area contributed by atoms with Gasteiger partial charge in [-0.1, -0.05) is 18.2 Å². The number of nitrogens with zero attached hydrogens (tertiary/aromatic N) is 3. The zero-order valence-corrected chi connectivity index (χ0v) is 14.1. The van der Waals surface area contributed by atoms with Gasteiger partial charge in [0.1, 0.15) is 0 Å². The lowest BCUT2D eigenvalue weighted by molar-refractivity contribution is 0.0696. The lowest BCUT2D eigenvalue weighted by Crippen LogP contribution is -2.41. The summed E-state index contributed by atoms with van der Waals surface area (Å²) in [6.45, 7) is 2.53. The van der Waals surface area contributed by atoms with Crippen LogP contribution < -0.4 is 0 Å². The summed E-state index contributed by atoms with van der Waals surface area (Å²) in [5.74, 6) is -1.04. The molecule has 1 saturated heterocycles. The summed E-state index contributed by atoms with van der Waals surface area (Å²) in [4.78, 5) is 11.3. The molecule has 0 spiro atoms. The molecule has 2 aromatic rings. The molecule has 0 aliphatic carbocycles. The highest BCUT2D eigenvalue weighted by atomic mass is 32.2. The van der Waals surface area contributed by atoms with Crippen molar-refractivity contribution < 1.29 is 18.3 Å². The topological polar surface area (TPSA) is 92.5 Å². The lowest BCUT2D eigenvalue weighted by atomic mass is 10.1. The number of hydrogen-bond acceptors (Lipinski definition) is 4. The molecule has 1 aromatic heterocycles. The van der Waals surface area contributed by atoms with Crippen LogP contribution in [0.4, 0.5) is 0 Å². The van der Waals surface area contributed by atoms with Crippen molar-refractivity contribution in [2.24, 2.45) is 0 Å². The molecule has 0 radical (unpaired) electrons. The monoisotopic (exact) mass is 349 g/mol. The molecule has 1 aliphatic heterocycles. The summed E-state index contributed by atoms with van der Waals surface area (Å²) in [7, 11) is -3.57. The highest BCUT2D eigenvalue weighted by Gasteiger charge is 2.32. The third kappa shape index (κ3) is 3.07. The molecule has 24 heavy (non-hydrogen) atoms. The van der Waals surface area contributed by atoms with Crippen LogP contribution in [0.1, 0.15) is 34.8 Å². The molecule has 1 unspecified atom stereocenters. The Morgan fingerprint density at radius 2 is 2.08 bits per heavy atom. The summed E-state index contributed by atoms with van der Waals surface area (Å²) >= 11 is 0. The molecular weight excluding hydrogens is 330 g/mol. The molecule has 1 N–H and O–H groups in total. The number of aromatic carboxylic acids is 1. The molecule has 0 bridgehead atoms. The number of piperidine rings is 1. The number of carbonyl (C=O) groups is 1. The lowest BCUT2D eigenvalue weighted by Gasteiger charge is -2.32. The zero-order chi connectivity index (χ0) is 17.3. The molecule has 0 saturated carbocycles. The van der Waals surface area contributed by atoms with Gasteiger partial charge in [0.25, 0.3) is 0 Å². The minimum atomic E-state index is -3.57. The van der Waals surface area contributed by atoms with E-state index in [2.05, 4.69) is 5.10 Å². The Morgan fingerprint density at radius 3 is 2.75 bits per heavy atom. The maximum absolute atomic E-state index is 12.9. The quantitative estimate of drug-likeness (QED) is 0.910. The van der Waals surface area contributed by atoms with Gasteiger partial charge in [0.15, 0.2) is 0 Å². The van der Waals surface area contributed by atoms with Crippen molar-refractivity contribution in [3.05, 3.63) is 47.8 Å². The first-order valence-corrected chi connectivity index (χ1v) is 9.17. The molecule has 2 heterocycles. The molecule has 8 heteroatoms. The molecule has 7 nitrogen and oxygen atoms in total. The van der Waals surface area contributed by atoms with Crippen molar-refractivity contribution in [2.45, 2.75) is 30.7 Å². The summed E-state index contributed by atoms with van der Waals surface area (Å²) in [5.41, 5.74) is 0.820. The Balaban J connectivity index is 1.85. The third-order valence-corrected chi connectivity index (χ3v) is 6.32. The zero-order valence-electron chi connectivity index (χ0n) is 13.3. The van der Waals surface area contributed by atoms with Crippen LogP contribution in [0.2, 0.25) is 0 Å². The van der Waals surface area contributed by atoms with Crippen LogP contribution in [0, 0.1) is 6.92 Å². The van der Waals surface area contributed by atoms with E-state index in [-0.39, 0.29) is 18.2 Å². The largest absolute Gasteiger partial charge is 0.478 e. The van der Waals surface area contributed by atoms with Crippen molar-refractivity contribution >= 4 is 16.0 Å². The van der Waals surface area contributed by atoms with Crippen LogP contribution in [0.3, 0.4) is 0 Å². The summed E-state index contributed by atoms with van der Waals surface area (Å²) in [5, 5.41) is 13.1. The first kappa shape index (κ1) is 16.7. The van der Waals surface area contributed by atoms with Crippen molar-refractivity contribution in [2.75, 3.05) is 13.1 Å². The van der Waals surface area contributed by atoms with Gasteiger partial charge in [0.2, 0.25) is 10.0 Å². The maximum atomic E-state index is 12.9. The van der Waals surface area contributed by atoms with Gasteiger partial charge in [0, 0.05) is 19.3 Å². The second kappa shape index (κ2) is 6.37. The Hall–Kier alpha value is -2.19. The van der Waals surface area contributed by atoms with Gasteiger partial charge in [-0.05, 0) is 31.4 Å². The number of sulfonamides is 1. The number of aryl methyl sites for hydroxylation is 1. The fraction of sp³-hybridized carbons (Fsp3) is 0.375. The molecule has 1 fully saturated rings. The van der Waals surface area contributed by atoms with Crippen LogP contribution in [-0.4, -0.2) is 46.7 Å². The van der Waals surface area contributed by atoms with Crippen molar-refractivity contribution in [1.29, 1.82) is 0 Å². The van der Waals surface area contributed by atoms with Crippen molar-refractivity contribution in [3.8, 4) is 0 Å². The second-order valence-corrected chi connectivity index (χ2v) is 7.85. The van der Waals surface area contributed by atoms with E-state index in [4.69, 9.17) is 5.11 Å². The third-order valence-electron chi connectivity index (χ3n) is 4.29. The molecule has 0 amide bonds. The first-order valence-electron chi connectivity index (χ1n) is 7.73. The molecule has 1 aromatic carbocycles. The highest BCUT2D eigenvalue weighted by Crippen LogP contribution is 2.27. The Labute approximate surface area is 140 Å². The minimum absolute atomic E-state index is 0.105. The normalized spacial score (nSPS) is 19.3. The molecule has 128 valence electrons. The van der Waals surface area contributed by atoms with E-state index in [1.54, 1.807) is 29.8 Å². The van der Waals surface area contributed by atoms with E-state index in [0.29, 0.717) is 23.4 Å². The predicted molar refractivity (Wildman–Crippen MR) is 87.4 cm³/mol. The van der Waals surface area contributed by atoms with Gasteiger partial charge < -0.3 is 5.11 Å². The number of carboxylic acids is 1. The summed E-state index contributed by atoms with van der Waals surface area (Å²) in [6.07, 6.45) is 4.21. The van der Waals surface area contributed by atoms with Crippen molar-refractivity contribution in [1.82, 2.24) is 14.1 Å². The van der Waals surface area contributed by atoms with Crippen LogP contribution in [0.5, 0.6) is 0 Å². The van der Waals surface area contributed by atoms with Crippen LogP contribution in [0.25, 0.3) is 0 Å². The van der Waals surface area contributed by atoms with E-state index >= 15 is 0 Å². The average molecular weight is 349 g/mol. The number of aromatic nitrogens is 2.